The average molecular weight is 462 g/mol. The summed E-state index contributed by atoms with van der Waals surface area (Å²) in [5.74, 6) is 1.89. The van der Waals surface area contributed by atoms with E-state index in [0.29, 0.717) is 36.1 Å². The smallest absolute Gasteiger partial charge is 0.225 e. The van der Waals surface area contributed by atoms with Gasteiger partial charge in [-0.25, -0.2) is 9.97 Å². The summed E-state index contributed by atoms with van der Waals surface area (Å²) in [5, 5.41) is 23.2. The van der Waals surface area contributed by atoms with Crippen LogP contribution in [0, 0.1) is 18.3 Å². The summed E-state index contributed by atoms with van der Waals surface area (Å²) < 4.78 is 11.9. The summed E-state index contributed by atoms with van der Waals surface area (Å²) in [4.78, 5) is 20.0. The number of ether oxygens (including phenoxy) is 2. The van der Waals surface area contributed by atoms with Gasteiger partial charge in [0, 0.05) is 30.9 Å². The molecular weight excluding hydrogens is 434 g/mol. The molecule has 1 aliphatic carbocycles. The summed E-state index contributed by atoms with van der Waals surface area (Å²) in [6.45, 7) is 4.71. The fourth-order valence-electron chi connectivity index (χ4n) is 4.47. The minimum absolute atomic E-state index is 0.00383. The highest BCUT2D eigenvalue weighted by Gasteiger charge is 2.25. The first-order valence-electron chi connectivity index (χ1n) is 11.6. The van der Waals surface area contributed by atoms with E-state index in [4.69, 9.17) is 19.7 Å². The van der Waals surface area contributed by atoms with Crippen LogP contribution in [0.3, 0.4) is 0 Å². The van der Waals surface area contributed by atoms with E-state index in [-0.39, 0.29) is 17.9 Å². The number of morpholine rings is 1. The molecule has 5 rings (SSSR count). The number of aromatic hydroxyl groups is 1. The molecule has 34 heavy (non-hydrogen) atoms. The van der Waals surface area contributed by atoms with Crippen molar-refractivity contribution < 1.29 is 14.6 Å². The van der Waals surface area contributed by atoms with Gasteiger partial charge in [0.2, 0.25) is 11.8 Å². The molecule has 0 atom stereocenters. The molecular formula is C24H27N7O3. The number of aromatic nitrogens is 4. The Morgan fingerprint density at radius 1 is 1.12 bits per heavy atom. The number of fused-ring (bicyclic) bond motifs is 1. The van der Waals surface area contributed by atoms with Crippen LogP contribution in [0.15, 0.2) is 24.4 Å². The van der Waals surface area contributed by atoms with Crippen LogP contribution in [0.1, 0.15) is 37.1 Å². The van der Waals surface area contributed by atoms with E-state index in [2.05, 4.69) is 31.2 Å². The summed E-state index contributed by atoms with van der Waals surface area (Å²) in [5.41, 5.74) is 1.87. The molecule has 0 spiro atoms. The number of anilines is 2. The van der Waals surface area contributed by atoms with Crippen LogP contribution in [-0.2, 0) is 4.74 Å². The lowest BCUT2D eigenvalue weighted by molar-refractivity contribution is 0.122. The minimum atomic E-state index is 0.00383. The Morgan fingerprint density at radius 2 is 1.91 bits per heavy atom. The maximum Gasteiger partial charge on any atom is 0.225 e. The summed E-state index contributed by atoms with van der Waals surface area (Å²) >= 11 is 0. The van der Waals surface area contributed by atoms with E-state index >= 15 is 0 Å². The second kappa shape index (κ2) is 9.65. The molecule has 0 aromatic carbocycles. The Kier molecular flexibility index (Phi) is 6.27. The number of hydrogen-bond acceptors (Lipinski definition) is 10. The largest absolute Gasteiger partial charge is 0.506 e. The first-order valence-corrected chi connectivity index (χ1v) is 11.6. The van der Waals surface area contributed by atoms with Crippen LogP contribution < -0.4 is 15.0 Å². The Hall–Kier alpha value is -3.71. The highest BCUT2D eigenvalue weighted by molar-refractivity contribution is 5.86. The summed E-state index contributed by atoms with van der Waals surface area (Å²) in [6, 6.07) is 7.55. The van der Waals surface area contributed by atoms with Crippen molar-refractivity contribution in [2.45, 2.75) is 44.8 Å². The van der Waals surface area contributed by atoms with Gasteiger partial charge in [0.15, 0.2) is 0 Å². The van der Waals surface area contributed by atoms with Crippen molar-refractivity contribution in [2.24, 2.45) is 0 Å². The van der Waals surface area contributed by atoms with Gasteiger partial charge in [-0.2, -0.15) is 10.2 Å². The van der Waals surface area contributed by atoms with Crippen LogP contribution in [0.4, 0.5) is 11.8 Å². The van der Waals surface area contributed by atoms with Crippen LogP contribution in [0.25, 0.3) is 10.9 Å². The van der Waals surface area contributed by atoms with E-state index in [1.165, 1.54) is 6.20 Å². The first kappa shape index (κ1) is 22.1. The molecule has 2 N–H and O–H groups in total. The Morgan fingerprint density at radius 3 is 2.68 bits per heavy atom. The first-order chi connectivity index (χ1) is 16.6. The van der Waals surface area contributed by atoms with Crippen molar-refractivity contribution in [3.05, 3.63) is 35.8 Å². The minimum Gasteiger partial charge on any atom is -0.506 e. The fourth-order valence-corrected chi connectivity index (χ4v) is 4.47. The van der Waals surface area contributed by atoms with E-state index in [9.17, 15) is 5.11 Å². The molecule has 10 heteroatoms. The number of nitrogens with zero attached hydrogens (tertiary/aromatic N) is 6. The molecule has 3 aromatic rings. The normalized spacial score (nSPS) is 20.6. The van der Waals surface area contributed by atoms with Crippen molar-refractivity contribution in [3.63, 3.8) is 0 Å². The van der Waals surface area contributed by atoms with Gasteiger partial charge >= 0.3 is 0 Å². The van der Waals surface area contributed by atoms with Gasteiger partial charge in [0.05, 0.1) is 30.3 Å². The molecule has 0 amide bonds. The van der Waals surface area contributed by atoms with Crippen molar-refractivity contribution in [1.29, 1.82) is 5.26 Å². The fraction of sp³-hybridized carbons (Fsp3) is 0.458. The van der Waals surface area contributed by atoms with Gasteiger partial charge in [0.25, 0.3) is 0 Å². The van der Waals surface area contributed by atoms with Gasteiger partial charge < -0.3 is 24.8 Å². The topological polar surface area (TPSA) is 129 Å². The monoisotopic (exact) mass is 461 g/mol. The number of nitriles is 1. The highest BCUT2D eigenvalue weighted by atomic mass is 16.5. The van der Waals surface area contributed by atoms with Crippen molar-refractivity contribution in [1.82, 2.24) is 19.9 Å². The number of rotatable bonds is 5. The number of aryl methyl sites for hydroxylation is 1. The zero-order valence-electron chi connectivity index (χ0n) is 19.1. The Balaban J connectivity index is 1.29. The Labute approximate surface area is 197 Å². The SMILES string of the molecule is Cc1cc(C#N)nc(NC2CCC(Oc3nc(N4CCOCC4)cc4ncc(O)cc34)CC2)n1. The third kappa shape index (κ3) is 4.94. The van der Waals surface area contributed by atoms with Crippen molar-refractivity contribution in [3.8, 4) is 17.7 Å². The molecule has 0 bridgehead atoms. The lowest BCUT2D eigenvalue weighted by Gasteiger charge is -2.31. The molecule has 1 saturated heterocycles. The lowest BCUT2D eigenvalue weighted by Crippen LogP contribution is -2.37. The standard InChI is InChI=1S/C24H27N7O3/c1-15-10-17(13-25)29-24(27-15)28-16-2-4-19(5-3-16)34-23-20-11-18(32)14-26-21(20)12-22(30-23)31-6-8-33-9-7-31/h10-12,14,16,19,32H,2-9H2,1H3,(H,27,28,29). The molecule has 2 aliphatic rings. The van der Waals surface area contributed by atoms with E-state index in [1.54, 1.807) is 12.1 Å². The predicted molar refractivity (Wildman–Crippen MR) is 126 cm³/mol. The Bertz CT molecular complexity index is 1220. The van der Waals surface area contributed by atoms with Gasteiger partial charge in [0.1, 0.15) is 29.4 Å². The van der Waals surface area contributed by atoms with Crippen LogP contribution in [-0.4, -0.2) is 63.5 Å². The lowest BCUT2D eigenvalue weighted by atomic mass is 9.93. The highest BCUT2D eigenvalue weighted by Crippen LogP contribution is 2.33. The summed E-state index contributed by atoms with van der Waals surface area (Å²) in [7, 11) is 0. The summed E-state index contributed by atoms with van der Waals surface area (Å²) in [6.07, 6.45) is 4.89. The second-order valence-corrected chi connectivity index (χ2v) is 8.71. The number of hydrogen-bond donors (Lipinski definition) is 2. The second-order valence-electron chi connectivity index (χ2n) is 8.71. The number of pyridine rings is 2. The van der Waals surface area contributed by atoms with E-state index < -0.39 is 0 Å². The molecule has 0 unspecified atom stereocenters. The quantitative estimate of drug-likeness (QED) is 0.585. The predicted octanol–water partition coefficient (Wildman–Crippen LogP) is 2.94. The van der Waals surface area contributed by atoms with Gasteiger partial charge in [-0.1, -0.05) is 0 Å². The van der Waals surface area contributed by atoms with E-state index in [0.717, 1.165) is 55.8 Å². The van der Waals surface area contributed by atoms with Gasteiger partial charge in [-0.3, -0.25) is 4.98 Å². The molecule has 2 fully saturated rings. The molecule has 1 aliphatic heterocycles. The third-order valence-corrected chi connectivity index (χ3v) is 6.21. The van der Waals surface area contributed by atoms with Crippen LogP contribution in [0.2, 0.25) is 0 Å². The van der Waals surface area contributed by atoms with Gasteiger partial charge in [-0.05, 0) is 44.7 Å². The molecule has 0 radical (unpaired) electrons. The van der Waals surface area contributed by atoms with Crippen molar-refractivity contribution >= 4 is 22.7 Å². The average Bonchev–Trinajstić information content (AvgIpc) is 2.85. The van der Waals surface area contributed by atoms with Gasteiger partial charge in [-0.15, -0.1) is 0 Å². The van der Waals surface area contributed by atoms with Crippen molar-refractivity contribution in [2.75, 3.05) is 36.5 Å². The molecule has 176 valence electrons. The maximum absolute atomic E-state index is 10.00. The third-order valence-electron chi connectivity index (χ3n) is 6.21. The molecule has 4 heterocycles. The molecule has 3 aromatic heterocycles. The zero-order chi connectivity index (χ0) is 23.5. The zero-order valence-corrected chi connectivity index (χ0v) is 19.1. The molecule has 10 nitrogen and oxygen atoms in total. The van der Waals surface area contributed by atoms with E-state index in [1.807, 2.05) is 13.0 Å². The maximum atomic E-state index is 10.00. The van der Waals surface area contributed by atoms with Crippen LogP contribution in [0.5, 0.6) is 11.6 Å². The van der Waals surface area contributed by atoms with Crippen LogP contribution >= 0.6 is 0 Å². The molecule has 1 saturated carbocycles. The number of nitrogens with one attached hydrogen (secondary N) is 1.